The molecule has 0 heterocycles. The van der Waals surface area contributed by atoms with Crippen LogP contribution in [0, 0.1) is 0 Å². The van der Waals surface area contributed by atoms with Gasteiger partial charge in [-0.2, -0.15) is 0 Å². The average Bonchev–Trinajstić information content (AvgIpc) is 2.69. The summed E-state index contributed by atoms with van der Waals surface area (Å²) < 4.78 is 10.1. The zero-order valence-electron chi connectivity index (χ0n) is 20.5. The first-order valence-electron chi connectivity index (χ1n) is 10.4. The fraction of sp³-hybridized carbons (Fsp3) is 0.333. The topological polar surface area (TPSA) is 93.1 Å². The maximum Gasteiger partial charge on any atom is 0.338 e. The highest BCUT2D eigenvalue weighted by atomic mass is 16.5. The second-order valence-corrected chi connectivity index (χ2v) is 9.66. The molecule has 2 N–H and O–H groups in total. The molecular weight excluding hydrogens is 420 g/mol. The zero-order valence-corrected chi connectivity index (χ0v) is 20.5. The fourth-order valence-corrected chi connectivity index (χ4v) is 2.68. The Hall–Kier alpha value is -3.54. The Morgan fingerprint density at radius 1 is 0.848 bits per heavy atom. The quantitative estimate of drug-likeness (QED) is 0.337. The Morgan fingerprint density at radius 3 is 1.67 bits per heavy atom. The molecule has 2 rings (SSSR count). The predicted octanol–water partition coefficient (Wildman–Crippen LogP) is 5.95. The second-order valence-electron chi connectivity index (χ2n) is 9.66. The number of carbonyl (C=O) groups excluding carboxylic acids is 2. The van der Waals surface area contributed by atoms with Gasteiger partial charge in [-0.05, 0) is 54.2 Å². The number of hydrogen-bond donors (Lipinski definition) is 2. The Labute approximate surface area is 196 Å². The van der Waals surface area contributed by atoms with E-state index in [1.54, 1.807) is 19.1 Å². The highest BCUT2D eigenvalue weighted by molar-refractivity contribution is 5.88. The largest absolute Gasteiger partial charge is 0.508 e. The van der Waals surface area contributed by atoms with E-state index in [-0.39, 0.29) is 22.3 Å². The minimum absolute atomic E-state index is 0.133. The van der Waals surface area contributed by atoms with Crippen LogP contribution in [-0.4, -0.2) is 22.2 Å². The first kappa shape index (κ1) is 27.5. The van der Waals surface area contributed by atoms with Gasteiger partial charge < -0.3 is 19.7 Å². The molecule has 0 saturated carbocycles. The van der Waals surface area contributed by atoms with Crippen molar-refractivity contribution >= 4 is 11.9 Å². The molecule has 0 saturated heterocycles. The van der Waals surface area contributed by atoms with Crippen LogP contribution in [0.2, 0.25) is 0 Å². The zero-order chi connectivity index (χ0) is 25.6. The van der Waals surface area contributed by atoms with E-state index in [4.69, 9.17) is 14.6 Å². The van der Waals surface area contributed by atoms with Gasteiger partial charge in [0, 0.05) is 22.8 Å². The van der Waals surface area contributed by atoms with E-state index < -0.39 is 11.9 Å². The van der Waals surface area contributed by atoms with Gasteiger partial charge in [-0.1, -0.05) is 54.7 Å². The van der Waals surface area contributed by atoms with Gasteiger partial charge in [0.15, 0.2) is 0 Å². The lowest BCUT2D eigenvalue weighted by Gasteiger charge is -2.27. The maximum atomic E-state index is 11.7. The Balaban J connectivity index is 0.000000383. The van der Waals surface area contributed by atoms with Crippen LogP contribution in [0.5, 0.6) is 23.0 Å². The van der Waals surface area contributed by atoms with E-state index in [0.717, 1.165) is 17.2 Å². The lowest BCUT2D eigenvalue weighted by Crippen LogP contribution is -2.18. The number of phenols is 2. The van der Waals surface area contributed by atoms with Crippen LogP contribution < -0.4 is 9.47 Å². The number of phenolic OH excluding ortho intramolecular Hbond substituents is 2. The first-order valence-corrected chi connectivity index (χ1v) is 10.4. The van der Waals surface area contributed by atoms with Crippen LogP contribution in [0.3, 0.4) is 0 Å². The van der Waals surface area contributed by atoms with Gasteiger partial charge in [0.25, 0.3) is 0 Å². The SMILES string of the molecule is C=C(C)C(=O)Oc1cc(C(C)(C)C)c(O)c(C(C)(C)C)c1.C=CC(=O)Oc1ccc(O)cc1. The highest BCUT2D eigenvalue weighted by Gasteiger charge is 2.27. The molecule has 6 heteroatoms. The van der Waals surface area contributed by atoms with Crippen molar-refractivity contribution in [3.8, 4) is 23.0 Å². The Morgan fingerprint density at radius 2 is 1.30 bits per heavy atom. The summed E-state index contributed by atoms with van der Waals surface area (Å²) in [6.45, 7) is 20.5. The van der Waals surface area contributed by atoms with Crippen LogP contribution >= 0.6 is 0 Å². The minimum atomic E-state index is -0.513. The number of esters is 2. The summed E-state index contributed by atoms with van der Waals surface area (Å²) in [6.07, 6.45) is 1.08. The molecular formula is C27H34O6. The molecule has 0 aliphatic heterocycles. The minimum Gasteiger partial charge on any atom is -0.508 e. The van der Waals surface area contributed by atoms with Crippen molar-refractivity contribution in [3.63, 3.8) is 0 Å². The molecule has 0 aromatic heterocycles. The molecule has 0 radical (unpaired) electrons. The summed E-state index contributed by atoms with van der Waals surface area (Å²) in [6, 6.07) is 9.32. The van der Waals surface area contributed by atoms with Gasteiger partial charge >= 0.3 is 11.9 Å². The van der Waals surface area contributed by atoms with Crippen LogP contribution in [0.4, 0.5) is 0 Å². The smallest absolute Gasteiger partial charge is 0.338 e. The molecule has 0 aliphatic carbocycles. The average molecular weight is 455 g/mol. The molecule has 0 aliphatic rings. The second kappa shape index (κ2) is 10.9. The third-order valence-electron chi connectivity index (χ3n) is 4.48. The number of ether oxygens (including phenoxy) is 2. The number of aromatic hydroxyl groups is 2. The van der Waals surface area contributed by atoms with Gasteiger partial charge in [-0.3, -0.25) is 0 Å². The molecule has 0 fully saturated rings. The molecule has 0 unspecified atom stereocenters. The monoisotopic (exact) mass is 454 g/mol. The number of rotatable bonds is 4. The first-order chi connectivity index (χ1) is 15.1. The van der Waals surface area contributed by atoms with E-state index in [0.29, 0.717) is 17.1 Å². The highest BCUT2D eigenvalue weighted by Crippen LogP contribution is 2.41. The van der Waals surface area contributed by atoms with Crippen molar-refractivity contribution in [2.45, 2.75) is 59.3 Å². The van der Waals surface area contributed by atoms with Crippen molar-refractivity contribution in [2.24, 2.45) is 0 Å². The van der Waals surface area contributed by atoms with Gasteiger partial charge in [0.2, 0.25) is 0 Å². The summed E-state index contributed by atoms with van der Waals surface area (Å²) in [7, 11) is 0. The Bertz CT molecular complexity index is 983. The maximum absolute atomic E-state index is 11.7. The molecule has 178 valence electrons. The number of carbonyl (C=O) groups is 2. The lowest BCUT2D eigenvalue weighted by molar-refractivity contribution is -0.130. The van der Waals surface area contributed by atoms with E-state index in [9.17, 15) is 14.7 Å². The van der Waals surface area contributed by atoms with Crippen LogP contribution in [-0.2, 0) is 20.4 Å². The van der Waals surface area contributed by atoms with Gasteiger partial charge in [-0.25, -0.2) is 9.59 Å². The van der Waals surface area contributed by atoms with Crippen LogP contribution in [0.15, 0.2) is 61.2 Å². The standard InChI is InChI=1S/C18H26O3.C9H8O3/c1-11(2)16(20)21-12-9-13(17(3,4)5)15(19)14(10-12)18(6,7)8;1-2-9(11)12-8-5-3-7(10)4-6-8/h9-10,19H,1H2,2-8H3;2-6,10H,1H2. The van der Waals surface area contributed by atoms with Crippen LogP contribution in [0.1, 0.15) is 59.6 Å². The third-order valence-corrected chi connectivity index (χ3v) is 4.48. The van der Waals surface area contributed by atoms with Gasteiger partial charge in [0.1, 0.15) is 23.0 Å². The van der Waals surface area contributed by atoms with Gasteiger partial charge in [-0.15, -0.1) is 0 Å². The van der Waals surface area contributed by atoms with Crippen molar-refractivity contribution in [2.75, 3.05) is 0 Å². The molecule has 6 nitrogen and oxygen atoms in total. The number of hydrogen-bond acceptors (Lipinski definition) is 6. The van der Waals surface area contributed by atoms with Crippen molar-refractivity contribution < 1.29 is 29.3 Å². The van der Waals surface area contributed by atoms with Crippen LogP contribution in [0.25, 0.3) is 0 Å². The summed E-state index contributed by atoms with van der Waals surface area (Å²) in [4.78, 5) is 22.4. The third kappa shape index (κ3) is 8.48. The fourth-order valence-electron chi connectivity index (χ4n) is 2.68. The predicted molar refractivity (Wildman–Crippen MR) is 130 cm³/mol. The van der Waals surface area contributed by atoms with E-state index in [1.807, 2.05) is 41.5 Å². The van der Waals surface area contributed by atoms with Crippen molar-refractivity contribution in [3.05, 3.63) is 72.3 Å². The molecule has 0 bridgehead atoms. The van der Waals surface area contributed by atoms with Gasteiger partial charge in [0.05, 0.1) is 0 Å². The lowest BCUT2D eigenvalue weighted by atomic mass is 9.79. The summed E-state index contributed by atoms with van der Waals surface area (Å²) in [5.41, 5.74) is 1.36. The number of benzene rings is 2. The summed E-state index contributed by atoms with van der Waals surface area (Å²) in [5.74, 6) is 0.257. The van der Waals surface area contributed by atoms with E-state index in [1.165, 1.54) is 24.3 Å². The molecule has 0 spiro atoms. The van der Waals surface area contributed by atoms with Crippen molar-refractivity contribution in [1.29, 1.82) is 0 Å². The molecule has 2 aromatic rings. The summed E-state index contributed by atoms with van der Waals surface area (Å²) in [5, 5.41) is 19.5. The molecule has 0 atom stereocenters. The van der Waals surface area contributed by atoms with Crippen molar-refractivity contribution in [1.82, 2.24) is 0 Å². The normalized spacial score (nSPS) is 11.0. The Kier molecular flexibility index (Phi) is 9.05. The molecule has 33 heavy (non-hydrogen) atoms. The summed E-state index contributed by atoms with van der Waals surface area (Å²) >= 11 is 0. The molecule has 2 aromatic carbocycles. The van der Waals surface area contributed by atoms with E-state index >= 15 is 0 Å². The van der Waals surface area contributed by atoms with E-state index in [2.05, 4.69) is 13.2 Å². The molecule has 0 amide bonds.